The number of fused-ring (bicyclic) bond motifs is 1. The zero-order valence-corrected chi connectivity index (χ0v) is 10.4. The summed E-state index contributed by atoms with van der Waals surface area (Å²) in [5.74, 6) is 0.864. The Morgan fingerprint density at radius 2 is 2.00 bits per heavy atom. The van der Waals surface area contributed by atoms with Gasteiger partial charge < -0.3 is 4.90 Å². The molecule has 0 bridgehead atoms. The summed E-state index contributed by atoms with van der Waals surface area (Å²) in [7, 11) is 0. The molecule has 1 fully saturated rings. The highest BCUT2D eigenvalue weighted by Crippen LogP contribution is 2.24. The molecule has 1 aromatic carbocycles. The average Bonchev–Trinajstić information content (AvgIpc) is 2.82. The second-order valence-corrected chi connectivity index (χ2v) is 4.89. The molecule has 0 spiro atoms. The lowest BCUT2D eigenvalue weighted by atomic mass is 10.2. The van der Waals surface area contributed by atoms with Gasteiger partial charge in [0.15, 0.2) is 0 Å². The van der Waals surface area contributed by atoms with E-state index >= 15 is 0 Å². The molecule has 0 saturated carbocycles. The van der Waals surface area contributed by atoms with Crippen molar-refractivity contribution < 1.29 is 0 Å². The molecule has 1 aromatic heterocycles. The van der Waals surface area contributed by atoms with Crippen LogP contribution in [0.1, 0.15) is 12.8 Å². The van der Waals surface area contributed by atoms with Gasteiger partial charge in [0.05, 0.1) is 5.52 Å². The lowest BCUT2D eigenvalue weighted by Gasteiger charge is -2.15. The van der Waals surface area contributed by atoms with Crippen LogP contribution in [0.25, 0.3) is 10.9 Å². The van der Waals surface area contributed by atoms with Gasteiger partial charge in [0.2, 0.25) is 5.95 Å². The molecule has 0 N–H and O–H groups in total. The zero-order chi connectivity index (χ0) is 11.0. The topological polar surface area (TPSA) is 29.0 Å². The maximum atomic E-state index is 4.60. The smallest absolute Gasteiger partial charge is 0.225 e. The first-order valence-corrected chi connectivity index (χ1v) is 6.30. The molecular weight excluding hydrogens is 266 g/mol. The number of aromatic nitrogens is 2. The highest BCUT2D eigenvalue weighted by Gasteiger charge is 2.15. The van der Waals surface area contributed by atoms with E-state index in [4.69, 9.17) is 0 Å². The predicted octanol–water partition coefficient (Wildman–Crippen LogP) is 2.99. The van der Waals surface area contributed by atoms with Crippen molar-refractivity contribution in [3.05, 3.63) is 28.9 Å². The third-order valence-corrected chi connectivity index (χ3v) is 3.64. The number of nitrogens with zero attached hydrogens (tertiary/aromatic N) is 3. The Balaban J connectivity index is 2.08. The van der Waals surface area contributed by atoms with Gasteiger partial charge in [-0.1, -0.05) is 22.0 Å². The van der Waals surface area contributed by atoms with Gasteiger partial charge in [0.25, 0.3) is 0 Å². The van der Waals surface area contributed by atoms with Crippen molar-refractivity contribution in [2.45, 2.75) is 12.8 Å². The van der Waals surface area contributed by atoms with Gasteiger partial charge in [-0.3, -0.25) is 0 Å². The summed E-state index contributed by atoms with van der Waals surface area (Å²) in [6, 6.07) is 6.05. The quantitative estimate of drug-likeness (QED) is 0.803. The SMILES string of the molecule is Brc1cccc2nc(N3CCCC3)ncc12. The molecule has 0 amide bonds. The summed E-state index contributed by atoms with van der Waals surface area (Å²) in [5, 5.41) is 1.07. The molecule has 2 heterocycles. The van der Waals surface area contributed by atoms with E-state index in [1.807, 2.05) is 24.4 Å². The Morgan fingerprint density at radius 1 is 1.19 bits per heavy atom. The van der Waals surface area contributed by atoms with Gasteiger partial charge in [0.1, 0.15) is 0 Å². The van der Waals surface area contributed by atoms with E-state index in [1.54, 1.807) is 0 Å². The molecule has 1 saturated heterocycles. The van der Waals surface area contributed by atoms with Crippen molar-refractivity contribution in [2.24, 2.45) is 0 Å². The normalized spacial score (nSPS) is 15.9. The Morgan fingerprint density at radius 3 is 2.81 bits per heavy atom. The third kappa shape index (κ3) is 1.67. The molecular formula is C12H12BrN3. The van der Waals surface area contributed by atoms with Gasteiger partial charge in [-0.15, -0.1) is 0 Å². The molecule has 2 aromatic rings. The minimum atomic E-state index is 0.864. The zero-order valence-electron chi connectivity index (χ0n) is 8.86. The Kier molecular flexibility index (Phi) is 2.52. The average molecular weight is 278 g/mol. The van der Waals surface area contributed by atoms with Crippen molar-refractivity contribution in [2.75, 3.05) is 18.0 Å². The van der Waals surface area contributed by atoms with Gasteiger partial charge in [0, 0.05) is 29.1 Å². The van der Waals surface area contributed by atoms with Crippen molar-refractivity contribution in [1.29, 1.82) is 0 Å². The molecule has 0 atom stereocenters. The molecule has 0 aliphatic carbocycles. The number of anilines is 1. The second kappa shape index (κ2) is 4.01. The van der Waals surface area contributed by atoms with Gasteiger partial charge in [-0.25, -0.2) is 9.97 Å². The second-order valence-electron chi connectivity index (χ2n) is 4.04. The molecule has 16 heavy (non-hydrogen) atoms. The lowest BCUT2D eigenvalue weighted by molar-refractivity contribution is 0.907. The van der Waals surface area contributed by atoms with Crippen LogP contribution < -0.4 is 4.90 Å². The van der Waals surface area contributed by atoms with E-state index in [0.29, 0.717) is 0 Å². The van der Waals surface area contributed by atoms with Gasteiger partial charge in [-0.05, 0) is 25.0 Å². The van der Waals surface area contributed by atoms with Crippen molar-refractivity contribution in [3.8, 4) is 0 Å². The van der Waals surface area contributed by atoms with Crippen molar-refractivity contribution in [1.82, 2.24) is 9.97 Å². The molecule has 3 rings (SSSR count). The van der Waals surface area contributed by atoms with Crippen LogP contribution in [-0.4, -0.2) is 23.1 Å². The molecule has 1 aliphatic rings. The number of halogens is 1. The summed E-state index contributed by atoms with van der Waals surface area (Å²) in [6.45, 7) is 2.17. The Hall–Kier alpha value is -1.16. The fourth-order valence-corrected chi connectivity index (χ4v) is 2.54. The van der Waals surface area contributed by atoms with Gasteiger partial charge in [-0.2, -0.15) is 0 Å². The summed E-state index contributed by atoms with van der Waals surface area (Å²) >= 11 is 3.51. The van der Waals surface area contributed by atoms with Crippen LogP contribution in [0.3, 0.4) is 0 Å². The van der Waals surface area contributed by atoms with Crippen LogP contribution >= 0.6 is 15.9 Å². The van der Waals surface area contributed by atoms with Crippen LogP contribution in [0.4, 0.5) is 5.95 Å². The van der Waals surface area contributed by atoms with Crippen LogP contribution in [0.15, 0.2) is 28.9 Å². The molecule has 4 heteroatoms. The van der Waals surface area contributed by atoms with Crippen LogP contribution in [0, 0.1) is 0 Å². The number of hydrogen-bond acceptors (Lipinski definition) is 3. The highest BCUT2D eigenvalue weighted by atomic mass is 79.9. The summed E-state index contributed by atoms with van der Waals surface area (Å²) in [4.78, 5) is 11.3. The fraction of sp³-hybridized carbons (Fsp3) is 0.333. The van der Waals surface area contributed by atoms with E-state index in [0.717, 1.165) is 34.4 Å². The largest absolute Gasteiger partial charge is 0.341 e. The maximum Gasteiger partial charge on any atom is 0.225 e. The molecule has 82 valence electrons. The fourth-order valence-electron chi connectivity index (χ4n) is 2.08. The maximum absolute atomic E-state index is 4.60. The first-order chi connectivity index (χ1) is 7.84. The molecule has 1 aliphatic heterocycles. The van der Waals surface area contributed by atoms with Crippen LogP contribution in [-0.2, 0) is 0 Å². The van der Waals surface area contributed by atoms with E-state index < -0.39 is 0 Å². The minimum absolute atomic E-state index is 0.864. The van der Waals surface area contributed by atoms with E-state index in [2.05, 4.69) is 30.8 Å². The summed E-state index contributed by atoms with van der Waals surface area (Å²) in [6.07, 6.45) is 4.40. The molecule has 0 radical (unpaired) electrons. The summed E-state index contributed by atoms with van der Waals surface area (Å²) < 4.78 is 1.05. The third-order valence-electron chi connectivity index (χ3n) is 2.95. The summed E-state index contributed by atoms with van der Waals surface area (Å²) in [5.41, 5.74) is 1.01. The molecule has 3 nitrogen and oxygen atoms in total. The first kappa shape index (κ1) is 10.0. The number of benzene rings is 1. The lowest BCUT2D eigenvalue weighted by Crippen LogP contribution is -2.20. The van der Waals surface area contributed by atoms with Crippen molar-refractivity contribution in [3.63, 3.8) is 0 Å². The van der Waals surface area contributed by atoms with Crippen LogP contribution in [0.5, 0.6) is 0 Å². The highest BCUT2D eigenvalue weighted by molar-refractivity contribution is 9.10. The first-order valence-electron chi connectivity index (χ1n) is 5.51. The standard InChI is InChI=1S/C12H12BrN3/c13-10-4-3-5-11-9(10)8-14-12(15-11)16-6-1-2-7-16/h3-5,8H,1-2,6-7H2. The Bertz CT molecular complexity index is 521. The van der Waals surface area contributed by atoms with E-state index in [9.17, 15) is 0 Å². The monoisotopic (exact) mass is 277 g/mol. The van der Waals surface area contributed by atoms with Gasteiger partial charge >= 0.3 is 0 Å². The minimum Gasteiger partial charge on any atom is -0.341 e. The van der Waals surface area contributed by atoms with E-state index in [-0.39, 0.29) is 0 Å². The Labute approximate surface area is 103 Å². The van der Waals surface area contributed by atoms with Crippen LogP contribution in [0.2, 0.25) is 0 Å². The van der Waals surface area contributed by atoms with E-state index in [1.165, 1.54) is 12.8 Å². The number of hydrogen-bond donors (Lipinski definition) is 0. The number of rotatable bonds is 1. The predicted molar refractivity (Wildman–Crippen MR) is 68.7 cm³/mol. The van der Waals surface area contributed by atoms with Crippen molar-refractivity contribution >= 4 is 32.8 Å². The molecule has 0 unspecified atom stereocenters.